The quantitative estimate of drug-likeness (QED) is 0.257. The fourth-order valence-electron chi connectivity index (χ4n) is 2.13. The summed E-state index contributed by atoms with van der Waals surface area (Å²) < 4.78 is 51.3. The first kappa shape index (κ1) is 15.4. The van der Waals surface area contributed by atoms with Gasteiger partial charge in [0.2, 0.25) is 0 Å². The number of alkyl halides is 3. The van der Waals surface area contributed by atoms with E-state index >= 15 is 0 Å². The van der Waals surface area contributed by atoms with E-state index in [-0.39, 0.29) is 23.5 Å². The zero-order valence-electron chi connectivity index (χ0n) is 11.0. The maximum atomic E-state index is 13.6. The Morgan fingerprint density at radius 3 is 2.57 bits per heavy atom. The fraction of sp³-hybridized carbons (Fsp3) is 0.462. The number of halogens is 4. The van der Waals surface area contributed by atoms with Crippen LogP contribution in [-0.2, 0) is 6.18 Å². The maximum absolute atomic E-state index is 13.6. The second-order valence-electron chi connectivity index (χ2n) is 5.31. The Morgan fingerprint density at radius 2 is 2.05 bits per heavy atom. The van der Waals surface area contributed by atoms with Gasteiger partial charge in [-0.15, -0.1) is 0 Å². The molecule has 0 unspecified atom stereocenters. The lowest BCUT2D eigenvalue weighted by atomic mass is 10.0. The molecular formula is C13H15F4N3O. The van der Waals surface area contributed by atoms with E-state index in [0.717, 1.165) is 25.0 Å². The monoisotopic (exact) mass is 305 g/mol. The summed E-state index contributed by atoms with van der Waals surface area (Å²) in [6, 6.07) is 2.23. The summed E-state index contributed by atoms with van der Waals surface area (Å²) in [5, 5.41) is 14.1. The van der Waals surface area contributed by atoms with Crippen LogP contribution in [0.2, 0.25) is 0 Å². The molecule has 0 atom stereocenters. The van der Waals surface area contributed by atoms with Gasteiger partial charge in [0.1, 0.15) is 11.7 Å². The average molecular weight is 305 g/mol. The van der Waals surface area contributed by atoms with Gasteiger partial charge in [0.05, 0.1) is 11.3 Å². The van der Waals surface area contributed by atoms with Gasteiger partial charge in [0.15, 0.2) is 0 Å². The average Bonchev–Trinajstić information content (AvgIpc) is 3.16. The Labute approximate surface area is 118 Å². The number of nitrogens with two attached hydrogens (primary N) is 1. The minimum Gasteiger partial charge on any atom is -0.409 e. The number of anilines is 1. The zero-order valence-corrected chi connectivity index (χ0v) is 11.0. The largest absolute Gasteiger partial charge is 0.416 e. The summed E-state index contributed by atoms with van der Waals surface area (Å²) in [4.78, 5) is 0. The van der Waals surface area contributed by atoms with Gasteiger partial charge >= 0.3 is 6.18 Å². The highest BCUT2D eigenvalue weighted by molar-refractivity contribution is 5.80. The highest BCUT2D eigenvalue weighted by atomic mass is 19.4. The summed E-state index contributed by atoms with van der Waals surface area (Å²) in [5.41, 5.74) is 4.04. The van der Waals surface area contributed by atoms with Crippen LogP contribution >= 0.6 is 0 Å². The standard InChI is InChI=1S/C13H15F4N3O/c14-9-2-1-8(13(15,16)17)5-10(9)19-7-12(3-4-12)6-11(18)20-21/h1-2,5,19,21H,3-4,6-7H2,(H2,18,20). The van der Waals surface area contributed by atoms with Crippen molar-refractivity contribution in [3.8, 4) is 0 Å². The van der Waals surface area contributed by atoms with Gasteiger partial charge in [-0.2, -0.15) is 13.2 Å². The summed E-state index contributed by atoms with van der Waals surface area (Å²) in [6.07, 6.45) is -2.62. The first-order valence-corrected chi connectivity index (χ1v) is 6.33. The molecule has 0 aliphatic heterocycles. The predicted molar refractivity (Wildman–Crippen MR) is 69.6 cm³/mol. The molecule has 0 heterocycles. The molecule has 0 saturated heterocycles. The van der Waals surface area contributed by atoms with Crippen molar-refractivity contribution in [2.45, 2.75) is 25.4 Å². The Kier molecular flexibility index (Phi) is 3.97. The molecule has 4 N–H and O–H groups in total. The van der Waals surface area contributed by atoms with Crippen LogP contribution in [0.25, 0.3) is 0 Å². The molecular weight excluding hydrogens is 290 g/mol. The van der Waals surface area contributed by atoms with E-state index in [1.807, 2.05) is 0 Å². The second kappa shape index (κ2) is 5.42. The van der Waals surface area contributed by atoms with Gasteiger partial charge in [0, 0.05) is 13.0 Å². The number of rotatable bonds is 5. The van der Waals surface area contributed by atoms with Crippen LogP contribution < -0.4 is 11.1 Å². The fourth-order valence-corrected chi connectivity index (χ4v) is 2.13. The second-order valence-corrected chi connectivity index (χ2v) is 5.31. The lowest BCUT2D eigenvalue weighted by Gasteiger charge is -2.17. The smallest absolute Gasteiger partial charge is 0.409 e. The maximum Gasteiger partial charge on any atom is 0.416 e. The van der Waals surface area contributed by atoms with Crippen molar-refractivity contribution in [3.05, 3.63) is 29.6 Å². The summed E-state index contributed by atoms with van der Waals surface area (Å²) in [5.74, 6) is -0.693. The van der Waals surface area contributed by atoms with Crippen molar-refractivity contribution >= 4 is 11.5 Å². The van der Waals surface area contributed by atoms with E-state index in [2.05, 4.69) is 10.5 Å². The van der Waals surface area contributed by atoms with Crippen LogP contribution in [-0.4, -0.2) is 17.6 Å². The van der Waals surface area contributed by atoms with Crippen LogP contribution in [0.1, 0.15) is 24.8 Å². The first-order valence-electron chi connectivity index (χ1n) is 6.33. The molecule has 116 valence electrons. The molecule has 2 rings (SSSR count). The third-order valence-corrected chi connectivity index (χ3v) is 3.59. The molecule has 1 aromatic carbocycles. The number of nitrogens with zero attached hydrogens (tertiary/aromatic N) is 1. The molecule has 1 aliphatic carbocycles. The molecule has 0 amide bonds. The third kappa shape index (κ3) is 3.77. The Hall–Kier alpha value is -1.99. The molecule has 1 fully saturated rings. The lowest BCUT2D eigenvalue weighted by Crippen LogP contribution is -2.24. The van der Waals surface area contributed by atoms with E-state index in [0.29, 0.717) is 12.5 Å². The minimum atomic E-state index is -4.52. The number of benzene rings is 1. The Bertz CT molecular complexity index is 553. The molecule has 0 spiro atoms. The van der Waals surface area contributed by atoms with Crippen molar-refractivity contribution < 1.29 is 22.8 Å². The van der Waals surface area contributed by atoms with E-state index in [1.54, 1.807) is 0 Å². The van der Waals surface area contributed by atoms with E-state index < -0.39 is 17.6 Å². The van der Waals surface area contributed by atoms with Gasteiger partial charge in [-0.25, -0.2) is 4.39 Å². The molecule has 0 bridgehead atoms. The molecule has 1 aliphatic rings. The summed E-state index contributed by atoms with van der Waals surface area (Å²) >= 11 is 0. The third-order valence-electron chi connectivity index (χ3n) is 3.59. The van der Waals surface area contributed by atoms with Crippen LogP contribution in [0.4, 0.5) is 23.2 Å². The Morgan fingerprint density at radius 1 is 1.38 bits per heavy atom. The van der Waals surface area contributed by atoms with Gasteiger partial charge < -0.3 is 16.3 Å². The minimum absolute atomic E-state index is 0.0545. The van der Waals surface area contributed by atoms with Gasteiger partial charge in [-0.3, -0.25) is 0 Å². The van der Waals surface area contributed by atoms with Crippen molar-refractivity contribution in [1.82, 2.24) is 0 Å². The van der Waals surface area contributed by atoms with Crippen LogP contribution in [0.3, 0.4) is 0 Å². The SMILES string of the molecule is NC(CC1(CNc2cc(C(F)(F)F)ccc2F)CC1)=NO. The predicted octanol–water partition coefficient (Wildman–Crippen LogP) is 3.17. The topological polar surface area (TPSA) is 70.6 Å². The summed E-state index contributed by atoms with van der Waals surface area (Å²) in [6.45, 7) is 0.265. The molecule has 8 heteroatoms. The molecule has 0 radical (unpaired) electrons. The van der Waals surface area contributed by atoms with E-state index in [1.165, 1.54) is 0 Å². The zero-order chi connectivity index (χ0) is 15.7. The highest BCUT2D eigenvalue weighted by Crippen LogP contribution is 2.48. The first-order chi connectivity index (χ1) is 9.76. The molecule has 0 aromatic heterocycles. The van der Waals surface area contributed by atoms with Crippen LogP contribution in [0.5, 0.6) is 0 Å². The van der Waals surface area contributed by atoms with Gasteiger partial charge in [-0.05, 0) is 36.5 Å². The number of hydrogen-bond donors (Lipinski definition) is 3. The van der Waals surface area contributed by atoms with Crippen molar-refractivity contribution in [1.29, 1.82) is 0 Å². The number of amidine groups is 1. The van der Waals surface area contributed by atoms with Crippen molar-refractivity contribution in [2.24, 2.45) is 16.3 Å². The molecule has 4 nitrogen and oxygen atoms in total. The normalized spacial score (nSPS) is 17.6. The number of nitrogens with one attached hydrogen (secondary N) is 1. The van der Waals surface area contributed by atoms with Crippen molar-refractivity contribution in [3.63, 3.8) is 0 Å². The Balaban J connectivity index is 2.07. The number of hydrogen-bond acceptors (Lipinski definition) is 3. The van der Waals surface area contributed by atoms with Gasteiger partial charge in [0.25, 0.3) is 0 Å². The van der Waals surface area contributed by atoms with Crippen molar-refractivity contribution in [2.75, 3.05) is 11.9 Å². The molecule has 1 aromatic rings. The van der Waals surface area contributed by atoms with Crippen LogP contribution in [0, 0.1) is 11.2 Å². The van der Waals surface area contributed by atoms with E-state index in [9.17, 15) is 17.6 Å². The summed E-state index contributed by atoms with van der Waals surface area (Å²) in [7, 11) is 0. The highest BCUT2D eigenvalue weighted by Gasteiger charge is 2.43. The molecule has 21 heavy (non-hydrogen) atoms. The molecule has 1 saturated carbocycles. The van der Waals surface area contributed by atoms with Crippen LogP contribution in [0.15, 0.2) is 23.4 Å². The number of oxime groups is 1. The lowest BCUT2D eigenvalue weighted by molar-refractivity contribution is -0.137. The van der Waals surface area contributed by atoms with Gasteiger partial charge in [-0.1, -0.05) is 5.16 Å². The van der Waals surface area contributed by atoms with E-state index in [4.69, 9.17) is 10.9 Å².